The Hall–Kier alpha value is -2.98. The molecule has 1 aromatic heterocycles. The number of carbonyl (C=O) groups is 1. The zero-order valence-corrected chi connectivity index (χ0v) is 18.8. The highest BCUT2D eigenvalue weighted by Gasteiger charge is 2.23. The third-order valence-corrected chi connectivity index (χ3v) is 7.37. The first kappa shape index (κ1) is 20.0. The lowest BCUT2D eigenvalue weighted by Crippen LogP contribution is -2.30. The van der Waals surface area contributed by atoms with Crippen LogP contribution in [0.3, 0.4) is 0 Å². The van der Waals surface area contributed by atoms with Gasteiger partial charge < -0.3 is 0 Å². The summed E-state index contributed by atoms with van der Waals surface area (Å²) in [5.41, 5.74) is 7.97. The van der Waals surface area contributed by atoms with Crippen molar-refractivity contribution in [2.24, 2.45) is 0 Å². The van der Waals surface area contributed by atoms with Crippen LogP contribution in [0.1, 0.15) is 51.0 Å². The third kappa shape index (κ3) is 3.88. The fourth-order valence-electron chi connectivity index (χ4n) is 4.34. The molecule has 4 aromatic rings. The van der Waals surface area contributed by atoms with Gasteiger partial charge in [-0.2, -0.15) is 0 Å². The standard InChI is InChI=1S/C27H26N2OS/c1-18-12-15-24-25(19(18)2)28-27(31-24)29(17-20-8-4-3-5-9-20)26(30)23-14-13-21-10-6-7-11-22(21)16-23/h3-5,8-9,12-16H,6-7,10-11,17H2,1-2H3. The van der Waals surface area contributed by atoms with Gasteiger partial charge >= 0.3 is 0 Å². The number of anilines is 1. The van der Waals surface area contributed by atoms with E-state index in [9.17, 15) is 4.79 Å². The molecule has 0 unspecified atom stereocenters. The van der Waals surface area contributed by atoms with Crippen LogP contribution in [0, 0.1) is 13.8 Å². The van der Waals surface area contributed by atoms with E-state index >= 15 is 0 Å². The molecular formula is C27H26N2OS. The second-order valence-corrected chi connectivity index (χ2v) is 9.43. The summed E-state index contributed by atoms with van der Waals surface area (Å²) >= 11 is 1.59. The van der Waals surface area contributed by atoms with Crippen molar-refractivity contribution >= 4 is 32.6 Å². The molecule has 1 amide bonds. The molecule has 1 heterocycles. The van der Waals surface area contributed by atoms with E-state index in [1.807, 2.05) is 29.2 Å². The Balaban J connectivity index is 1.57. The summed E-state index contributed by atoms with van der Waals surface area (Å²) in [6, 6.07) is 20.7. The first-order chi connectivity index (χ1) is 15.1. The minimum atomic E-state index is 0.0191. The zero-order valence-electron chi connectivity index (χ0n) is 18.0. The van der Waals surface area contributed by atoms with Crippen molar-refractivity contribution in [3.8, 4) is 0 Å². The quantitative estimate of drug-likeness (QED) is 0.366. The van der Waals surface area contributed by atoms with Crippen molar-refractivity contribution in [1.29, 1.82) is 0 Å². The van der Waals surface area contributed by atoms with Crippen LogP contribution >= 0.6 is 11.3 Å². The number of hydrogen-bond acceptors (Lipinski definition) is 3. The molecule has 0 fully saturated rings. The first-order valence-corrected chi connectivity index (χ1v) is 11.8. The Morgan fingerprint density at radius 1 is 0.968 bits per heavy atom. The topological polar surface area (TPSA) is 33.2 Å². The smallest absolute Gasteiger partial charge is 0.260 e. The minimum Gasteiger partial charge on any atom is -0.279 e. The average Bonchev–Trinajstić information content (AvgIpc) is 3.25. The predicted octanol–water partition coefficient (Wildman–Crippen LogP) is 6.64. The van der Waals surface area contributed by atoms with Gasteiger partial charge in [-0.05, 0) is 85.5 Å². The van der Waals surface area contributed by atoms with Crippen molar-refractivity contribution in [1.82, 2.24) is 4.98 Å². The van der Waals surface area contributed by atoms with Gasteiger partial charge in [-0.3, -0.25) is 9.69 Å². The van der Waals surface area contributed by atoms with Crippen LogP contribution < -0.4 is 4.90 Å². The lowest BCUT2D eigenvalue weighted by molar-refractivity contribution is 0.0985. The van der Waals surface area contributed by atoms with Gasteiger partial charge in [0.25, 0.3) is 5.91 Å². The maximum Gasteiger partial charge on any atom is 0.260 e. The fourth-order valence-corrected chi connectivity index (χ4v) is 5.37. The van der Waals surface area contributed by atoms with Gasteiger partial charge in [0.05, 0.1) is 16.8 Å². The van der Waals surface area contributed by atoms with E-state index < -0.39 is 0 Å². The monoisotopic (exact) mass is 426 g/mol. The van der Waals surface area contributed by atoms with Crippen LogP contribution in [-0.2, 0) is 19.4 Å². The number of thiazole rings is 1. The molecule has 0 bridgehead atoms. The number of amides is 1. The maximum atomic E-state index is 13.8. The Morgan fingerprint density at radius 2 is 1.74 bits per heavy atom. The van der Waals surface area contributed by atoms with Crippen LogP contribution in [0.2, 0.25) is 0 Å². The molecule has 5 rings (SSSR count). The second kappa shape index (κ2) is 8.27. The van der Waals surface area contributed by atoms with E-state index in [0.29, 0.717) is 6.54 Å². The highest BCUT2D eigenvalue weighted by atomic mass is 32.1. The Labute approximate surface area is 187 Å². The van der Waals surface area contributed by atoms with Crippen molar-refractivity contribution < 1.29 is 4.79 Å². The van der Waals surface area contributed by atoms with Gasteiger partial charge in [0.1, 0.15) is 0 Å². The molecule has 0 saturated heterocycles. The van der Waals surface area contributed by atoms with E-state index in [-0.39, 0.29) is 5.91 Å². The number of benzene rings is 3. The van der Waals surface area contributed by atoms with Crippen molar-refractivity contribution in [2.45, 2.75) is 46.1 Å². The number of aromatic nitrogens is 1. The van der Waals surface area contributed by atoms with Crippen molar-refractivity contribution in [3.63, 3.8) is 0 Å². The van der Waals surface area contributed by atoms with Crippen LogP contribution in [0.15, 0.2) is 60.7 Å². The molecule has 3 nitrogen and oxygen atoms in total. The number of rotatable bonds is 4. The van der Waals surface area contributed by atoms with Gasteiger partial charge in [-0.1, -0.05) is 53.8 Å². The maximum absolute atomic E-state index is 13.8. The van der Waals surface area contributed by atoms with E-state index in [2.05, 4.69) is 50.2 Å². The minimum absolute atomic E-state index is 0.0191. The van der Waals surface area contributed by atoms with E-state index in [0.717, 1.165) is 39.3 Å². The lowest BCUT2D eigenvalue weighted by atomic mass is 9.90. The molecular weight excluding hydrogens is 400 g/mol. The normalized spacial score (nSPS) is 13.2. The summed E-state index contributed by atoms with van der Waals surface area (Å²) in [6.07, 6.45) is 4.63. The van der Waals surface area contributed by atoms with E-state index in [1.165, 1.54) is 35.1 Å². The first-order valence-electron chi connectivity index (χ1n) is 10.9. The average molecular weight is 427 g/mol. The van der Waals surface area contributed by atoms with E-state index in [1.54, 1.807) is 11.3 Å². The van der Waals surface area contributed by atoms with Gasteiger partial charge in [0, 0.05) is 5.56 Å². The van der Waals surface area contributed by atoms with Gasteiger partial charge in [0.15, 0.2) is 5.13 Å². The molecule has 0 atom stereocenters. The summed E-state index contributed by atoms with van der Waals surface area (Å²) in [6.45, 7) is 4.72. The predicted molar refractivity (Wildman–Crippen MR) is 129 cm³/mol. The number of fused-ring (bicyclic) bond motifs is 2. The van der Waals surface area contributed by atoms with Crippen molar-refractivity contribution in [2.75, 3.05) is 4.90 Å². The highest BCUT2D eigenvalue weighted by Crippen LogP contribution is 2.34. The number of aryl methyl sites for hydroxylation is 4. The summed E-state index contributed by atoms with van der Waals surface area (Å²) in [5.74, 6) is 0.0191. The highest BCUT2D eigenvalue weighted by molar-refractivity contribution is 7.22. The van der Waals surface area contributed by atoms with Crippen LogP contribution in [-0.4, -0.2) is 10.9 Å². The molecule has 0 spiro atoms. The van der Waals surface area contributed by atoms with Crippen molar-refractivity contribution in [3.05, 3.63) is 94.0 Å². The molecule has 3 aromatic carbocycles. The Bertz CT molecular complexity index is 1260. The molecule has 31 heavy (non-hydrogen) atoms. The molecule has 0 aliphatic heterocycles. The lowest BCUT2D eigenvalue weighted by Gasteiger charge is -2.22. The number of nitrogens with zero attached hydrogens (tertiary/aromatic N) is 2. The molecule has 0 saturated carbocycles. The Morgan fingerprint density at radius 3 is 2.55 bits per heavy atom. The summed E-state index contributed by atoms with van der Waals surface area (Å²) in [7, 11) is 0. The van der Waals surface area contributed by atoms with E-state index in [4.69, 9.17) is 4.98 Å². The van der Waals surface area contributed by atoms with Gasteiger partial charge in [-0.15, -0.1) is 0 Å². The molecule has 1 aliphatic rings. The zero-order chi connectivity index (χ0) is 21.4. The number of hydrogen-bond donors (Lipinski definition) is 0. The van der Waals surface area contributed by atoms with Gasteiger partial charge in [0.2, 0.25) is 0 Å². The second-order valence-electron chi connectivity index (χ2n) is 8.42. The SMILES string of the molecule is Cc1ccc2sc(N(Cc3ccccc3)C(=O)c3ccc4c(c3)CCCC4)nc2c1C. The largest absolute Gasteiger partial charge is 0.279 e. The molecule has 1 aliphatic carbocycles. The fraction of sp³-hybridized carbons (Fsp3) is 0.259. The van der Waals surface area contributed by atoms with Gasteiger partial charge in [-0.25, -0.2) is 4.98 Å². The summed E-state index contributed by atoms with van der Waals surface area (Å²) < 4.78 is 1.12. The summed E-state index contributed by atoms with van der Waals surface area (Å²) in [4.78, 5) is 20.5. The number of carbonyl (C=O) groups excluding carboxylic acids is 1. The Kier molecular flexibility index (Phi) is 5.33. The van der Waals surface area contributed by atoms with Crippen LogP contribution in [0.5, 0.6) is 0 Å². The molecule has 156 valence electrons. The van der Waals surface area contributed by atoms with Crippen LogP contribution in [0.25, 0.3) is 10.2 Å². The van der Waals surface area contributed by atoms with Crippen LogP contribution in [0.4, 0.5) is 5.13 Å². The summed E-state index contributed by atoms with van der Waals surface area (Å²) in [5, 5.41) is 0.760. The molecule has 0 radical (unpaired) electrons. The molecule has 0 N–H and O–H groups in total. The third-order valence-electron chi connectivity index (χ3n) is 6.33. The molecule has 4 heteroatoms.